The van der Waals surface area contributed by atoms with Crippen molar-refractivity contribution >= 4 is 22.4 Å². The van der Waals surface area contributed by atoms with Crippen LogP contribution in [0.4, 0.5) is 0 Å². The molecule has 9 nitrogen and oxygen atoms in total. The second-order valence-corrected chi connectivity index (χ2v) is 10.3. The normalized spacial score (nSPS) is 13.0. The van der Waals surface area contributed by atoms with Gasteiger partial charge in [0, 0.05) is 22.9 Å². The van der Waals surface area contributed by atoms with E-state index >= 15 is 0 Å². The average molecular weight is 562 g/mol. The van der Waals surface area contributed by atoms with Crippen LogP contribution >= 0.6 is 11.3 Å². The van der Waals surface area contributed by atoms with Gasteiger partial charge in [0.1, 0.15) is 31.3 Å². The SMILES string of the molecule is C=CCOc1ccc(-c2nc3sc(=Cc4cn(-c5ccccc5)nc4-c4ccc5c(c4)OCCO5)c(=O)n3n2)cc1. The predicted molar refractivity (Wildman–Crippen MR) is 157 cm³/mol. The highest BCUT2D eigenvalue weighted by Crippen LogP contribution is 2.35. The van der Waals surface area contributed by atoms with Gasteiger partial charge in [0.25, 0.3) is 5.56 Å². The fourth-order valence-corrected chi connectivity index (χ4v) is 5.47. The van der Waals surface area contributed by atoms with Crippen molar-refractivity contribution in [3.05, 3.63) is 112 Å². The van der Waals surface area contributed by atoms with Crippen molar-refractivity contribution in [3.63, 3.8) is 0 Å². The molecule has 0 spiro atoms. The third-order valence-corrected chi connectivity index (χ3v) is 7.49. The van der Waals surface area contributed by atoms with Gasteiger partial charge in [-0.1, -0.05) is 42.2 Å². The van der Waals surface area contributed by atoms with Crippen molar-refractivity contribution in [1.29, 1.82) is 0 Å². The first-order valence-electron chi connectivity index (χ1n) is 13.0. The van der Waals surface area contributed by atoms with Crippen LogP contribution in [-0.4, -0.2) is 44.2 Å². The minimum atomic E-state index is -0.240. The predicted octanol–water partition coefficient (Wildman–Crippen LogP) is 4.55. The third-order valence-electron chi connectivity index (χ3n) is 6.53. The number of para-hydroxylation sites is 1. The van der Waals surface area contributed by atoms with Crippen molar-refractivity contribution in [2.24, 2.45) is 0 Å². The minimum absolute atomic E-state index is 0.240. The van der Waals surface area contributed by atoms with Crippen LogP contribution in [0.1, 0.15) is 5.56 Å². The van der Waals surface area contributed by atoms with Gasteiger partial charge in [-0.3, -0.25) is 4.79 Å². The molecule has 6 aromatic rings. The summed E-state index contributed by atoms with van der Waals surface area (Å²) in [7, 11) is 0. The zero-order valence-corrected chi connectivity index (χ0v) is 22.6. The fraction of sp³-hybridized carbons (Fsp3) is 0.0968. The number of hydrogen-bond acceptors (Lipinski definition) is 8. The van der Waals surface area contributed by atoms with E-state index in [1.54, 1.807) is 10.8 Å². The average Bonchev–Trinajstić information content (AvgIpc) is 3.71. The van der Waals surface area contributed by atoms with Gasteiger partial charge >= 0.3 is 0 Å². The van der Waals surface area contributed by atoms with Crippen molar-refractivity contribution in [3.8, 4) is 45.6 Å². The molecule has 3 aromatic heterocycles. The second-order valence-electron chi connectivity index (χ2n) is 9.24. The van der Waals surface area contributed by atoms with Crippen molar-refractivity contribution in [2.75, 3.05) is 19.8 Å². The van der Waals surface area contributed by atoms with Gasteiger partial charge in [0.05, 0.1) is 10.2 Å². The summed E-state index contributed by atoms with van der Waals surface area (Å²) < 4.78 is 20.7. The van der Waals surface area contributed by atoms with Gasteiger partial charge in [0.2, 0.25) is 4.96 Å². The van der Waals surface area contributed by atoms with Gasteiger partial charge in [-0.05, 0) is 60.7 Å². The topological polar surface area (TPSA) is 92.8 Å². The van der Waals surface area contributed by atoms with Gasteiger partial charge in [0.15, 0.2) is 17.3 Å². The summed E-state index contributed by atoms with van der Waals surface area (Å²) in [5.41, 5.74) is 3.80. The highest BCUT2D eigenvalue weighted by atomic mass is 32.1. The lowest BCUT2D eigenvalue weighted by atomic mass is 10.1. The molecule has 41 heavy (non-hydrogen) atoms. The van der Waals surface area contributed by atoms with E-state index in [9.17, 15) is 4.79 Å². The van der Waals surface area contributed by atoms with Crippen LogP contribution in [0, 0.1) is 0 Å². The summed E-state index contributed by atoms with van der Waals surface area (Å²) in [6.07, 6.45) is 5.45. The molecule has 0 N–H and O–H groups in total. The van der Waals surface area contributed by atoms with Gasteiger partial charge in [-0.15, -0.1) is 5.10 Å². The monoisotopic (exact) mass is 561 g/mol. The molecule has 0 bridgehead atoms. The van der Waals surface area contributed by atoms with Gasteiger partial charge in [-0.2, -0.15) is 14.6 Å². The number of aromatic nitrogens is 5. The van der Waals surface area contributed by atoms with E-state index in [2.05, 4.69) is 16.7 Å². The first-order chi connectivity index (χ1) is 20.2. The van der Waals surface area contributed by atoms with Crippen LogP contribution in [0.2, 0.25) is 0 Å². The Kier molecular flexibility index (Phi) is 6.29. The van der Waals surface area contributed by atoms with E-state index < -0.39 is 0 Å². The number of fused-ring (bicyclic) bond motifs is 2. The molecule has 7 rings (SSSR count). The molecule has 202 valence electrons. The Hall–Kier alpha value is -5.22. The Morgan fingerprint density at radius 1 is 0.951 bits per heavy atom. The summed E-state index contributed by atoms with van der Waals surface area (Å²) >= 11 is 1.28. The van der Waals surface area contributed by atoms with Crippen LogP contribution < -0.4 is 24.3 Å². The Morgan fingerprint density at radius 3 is 2.51 bits per heavy atom. The Balaban J connectivity index is 1.29. The van der Waals surface area contributed by atoms with E-state index in [1.165, 1.54) is 15.9 Å². The molecule has 3 aromatic carbocycles. The van der Waals surface area contributed by atoms with Crippen LogP contribution in [0.3, 0.4) is 0 Å². The highest BCUT2D eigenvalue weighted by molar-refractivity contribution is 7.15. The number of hydrogen-bond donors (Lipinski definition) is 0. The molecular weight excluding hydrogens is 538 g/mol. The molecule has 1 aliphatic heterocycles. The van der Waals surface area contributed by atoms with E-state index in [1.807, 2.05) is 85.1 Å². The molecular formula is C31H23N5O4S. The first-order valence-corrected chi connectivity index (χ1v) is 13.8. The number of nitrogens with zero attached hydrogens (tertiary/aromatic N) is 5. The molecule has 0 unspecified atom stereocenters. The Bertz CT molecular complexity index is 1990. The Morgan fingerprint density at radius 2 is 1.73 bits per heavy atom. The van der Waals surface area contributed by atoms with Crippen molar-refractivity contribution in [2.45, 2.75) is 0 Å². The standard InChI is InChI=1S/C31H23N5O4S/c1-2-14-38-24-11-8-20(9-12-24)29-32-31-36(34-29)30(37)27(41-31)18-22-19-35(23-6-4-3-5-7-23)33-28(22)21-10-13-25-26(17-21)40-16-15-39-25/h2-13,17-19H,1,14-16H2. The van der Waals surface area contributed by atoms with Crippen LogP contribution in [0.15, 0.2) is 96.4 Å². The lowest BCUT2D eigenvalue weighted by molar-refractivity contribution is 0.171. The van der Waals surface area contributed by atoms with Gasteiger partial charge in [-0.25, -0.2) is 4.68 Å². The van der Waals surface area contributed by atoms with Crippen LogP contribution in [0.5, 0.6) is 17.2 Å². The number of thiazole rings is 1. The largest absolute Gasteiger partial charge is 0.490 e. The molecule has 0 aliphatic carbocycles. The fourth-order valence-electron chi connectivity index (χ4n) is 4.57. The van der Waals surface area contributed by atoms with Crippen LogP contribution in [0.25, 0.3) is 39.4 Å². The highest BCUT2D eigenvalue weighted by Gasteiger charge is 2.18. The smallest absolute Gasteiger partial charge is 0.291 e. The molecule has 0 atom stereocenters. The molecule has 0 saturated heterocycles. The van der Waals surface area contributed by atoms with E-state index in [0.717, 1.165) is 28.1 Å². The van der Waals surface area contributed by atoms with E-state index in [4.69, 9.17) is 19.3 Å². The molecule has 10 heteroatoms. The Labute approximate surface area is 238 Å². The van der Waals surface area contributed by atoms with Crippen molar-refractivity contribution in [1.82, 2.24) is 24.4 Å². The van der Waals surface area contributed by atoms with E-state index in [0.29, 0.717) is 52.3 Å². The van der Waals surface area contributed by atoms with Crippen LogP contribution in [-0.2, 0) is 0 Å². The number of ether oxygens (including phenoxy) is 3. The summed E-state index contributed by atoms with van der Waals surface area (Å²) in [6, 6.07) is 23.0. The maximum Gasteiger partial charge on any atom is 0.291 e. The lowest BCUT2D eigenvalue weighted by Gasteiger charge is -2.18. The quantitative estimate of drug-likeness (QED) is 0.264. The molecule has 1 aliphatic rings. The third kappa shape index (κ3) is 4.74. The molecule has 0 amide bonds. The van der Waals surface area contributed by atoms with Gasteiger partial charge < -0.3 is 14.2 Å². The summed E-state index contributed by atoms with van der Waals surface area (Å²) in [6.45, 7) is 5.10. The number of benzene rings is 3. The lowest BCUT2D eigenvalue weighted by Crippen LogP contribution is -2.23. The minimum Gasteiger partial charge on any atom is -0.490 e. The molecule has 0 saturated carbocycles. The second kappa shape index (κ2) is 10.4. The maximum atomic E-state index is 13.4. The summed E-state index contributed by atoms with van der Waals surface area (Å²) in [5.74, 6) is 2.57. The molecule has 0 radical (unpaired) electrons. The van der Waals surface area contributed by atoms with E-state index in [-0.39, 0.29) is 5.56 Å². The number of rotatable bonds is 7. The first kappa shape index (κ1) is 24.8. The molecule has 4 heterocycles. The maximum absolute atomic E-state index is 13.4. The summed E-state index contributed by atoms with van der Waals surface area (Å²) in [4.78, 5) is 18.5. The summed E-state index contributed by atoms with van der Waals surface area (Å²) in [5, 5.41) is 9.38. The molecule has 0 fully saturated rings. The van der Waals surface area contributed by atoms with Crippen molar-refractivity contribution < 1.29 is 14.2 Å². The zero-order chi connectivity index (χ0) is 27.8. The zero-order valence-electron chi connectivity index (χ0n) is 21.8.